The number of hydrogen-bond donors (Lipinski definition) is 0. The van der Waals surface area contributed by atoms with Gasteiger partial charge in [0.2, 0.25) is 11.8 Å². The average Bonchev–Trinajstić information content (AvgIpc) is 2.39. The van der Waals surface area contributed by atoms with Gasteiger partial charge < -0.3 is 9.64 Å². The molecule has 2 heterocycles. The van der Waals surface area contributed by atoms with E-state index in [1.165, 1.54) is 0 Å². The highest BCUT2D eigenvalue weighted by molar-refractivity contribution is 9.10. The highest BCUT2D eigenvalue weighted by atomic mass is 79.9. The van der Waals surface area contributed by atoms with E-state index in [2.05, 4.69) is 30.9 Å². The van der Waals surface area contributed by atoms with Crippen molar-refractivity contribution in [1.29, 1.82) is 0 Å². The number of hydrogen-bond acceptors (Lipinski definition) is 5. The number of aryl methyl sites for hydroxylation is 1. The summed E-state index contributed by atoms with van der Waals surface area (Å²) in [6, 6.07) is 5.96. The summed E-state index contributed by atoms with van der Waals surface area (Å²) in [5.74, 6) is 1.12. The molecule has 6 heteroatoms. The van der Waals surface area contributed by atoms with E-state index < -0.39 is 0 Å². The van der Waals surface area contributed by atoms with Gasteiger partial charge in [-0.1, -0.05) is 6.07 Å². The van der Waals surface area contributed by atoms with Crippen LogP contribution in [0.15, 0.2) is 28.9 Å². The van der Waals surface area contributed by atoms with Crippen molar-refractivity contribution in [1.82, 2.24) is 15.0 Å². The van der Waals surface area contributed by atoms with Crippen LogP contribution in [0.5, 0.6) is 5.88 Å². The van der Waals surface area contributed by atoms with E-state index in [0.717, 1.165) is 15.9 Å². The fourth-order valence-electron chi connectivity index (χ4n) is 1.67. The van der Waals surface area contributed by atoms with Crippen LogP contribution < -0.4 is 9.64 Å². The zero-order valence-corrected chi connectivity index (χ0v) is 12.7. The molecule has 2 aromatic heterocycles. The second kappa shape index (κ2) is 5.97. The molecule has 0 aliphatic rings. The molecule has 0 aliphatic heterocycles. The summed E-state index contributed by atoms with van der Waals surface area (Å²) in [6.45, 7) is 2.62. The first-order valence-electron chi connectivity index (χ1n) is 5.80. The normalized spacial score (nSPS) is 10.3. The lowest BCUT2D eigenvalue weighted by Crippen LogP contribution is -2.20. The lowest BCUT2D eigenvalue weighted by Gasteiger charge is -2.17. The minimum Gasteiger partial charge on any atom is -0.480 e. The molecule has 0 amide bonds. The molecular weight excluding hydrogens is 308 g/mol. The zero-order valence-electron chi connectivity index (χ0n) is 11.1. The molecule has 0 radical (unpaired) electrons. The van der Waals surface area contributed by atoms with Gasteiger partial charge in [-0.15, -0.1) is 0 Å². The summed E-state index contributed by atoms with van der Waals surface area (Å²) in [4.78, 5) is 15.0. The molecule has 0 N–H and O–H groups in total. The Balaban J connectivity index is 2.18. The number of methoxy groups -OCH3 is 1. The maximum atomic E-state index is 5.16. The summed E-state index contributed by atoms with van der Waals surface area (Å²) in [6.07, 6.45) is 1.68. The van der Waals surface area contributed by atoms with Crippen molar-refractivity contribution in [3.63, 3.8) is 0 Å². The van der Waals surface area contributed by atoms with Crippen LogP contribution in [0.2, 0.25) is 0 Å². The first-order chi connectivity index (χ1) is 9.10. The molecule has 0 bridgehead atoms. The molecular formula is C13H15BrN4O. The van der Waals surface area contributed by atoms with Gasteiger partial charge in [0.05, 0.1) is 30.0 Å². The standard InChI is InChI=1S/C13H15BrN4O/c1-9-5-4-6-10(16-9)8-18(2)13-15-7-11(14)12(17-13)19-3/h4-7H,8H2,1-3H3. The van der Waals surface area contributed by atoms with Gasteiger partial charge in [0, 0.05) is 12.7 Å². The van der Waals surface area contributed by atoms with E-state index in [9.17, 15) is 0 Å². The van der Waals surface area contributed by atoms with Gasteiger partial charge in [-0.05, 0) is 35.0 Å². The Hall–Kier alpha value is -1.69. The summed E-state index contributed by atoms with van der Waals surface area (Å²) >= 11 is 3.34. The van der Waals surface area contributed by atoms with Crippen LogP contribution in [-0.4, -0.2) is 29.1 Å². The van der Waals surface area contributed by atoms with Crippen molar-refractivity contribution in [3.05, 3.63) is 40.3 Å². The van der Waals surface area contributed by atoms with Crippen LogP contribution in [0.25, 0.3) is 0 Å². The molecule has 0 aliphatic carbocycles. The minimum absolute atomic E-state index is 0.522. The highest BCUT2D eigenvalue weighted by Gasteiger charge is 2.10. The van der Waals surface area contributed by atoms with E-state index in [1.807, 2.05) is 37.1 Å². The number of pyridine rings is 1. The van der Waals surface area contributed by atoms with Gasteiger partial charge >= 0.3 is 0 Å². The molecule has 0 aromatic carbocycles. The first-order valence-corrected chi connectivity index (χ1v) is 6.59. The number of halogens is 1. The van der Waals surface area contributed by atoms with Crippen LogP contribution in [-0.2, 0) is 6.54 Å². The van der Waals surface area contributed by atoms with Crippen molar-refractivity contribution in [2.24, 2.45) is 0 Å². The number of ether oxygens (including phenoxy) is 1. The fourth-order valence-corrected chi connectivity index (χ4v) is 2.02. The van der Waals surface area contributed by atoms with E-state index in [4.69, 9.17) is 4.74 Å². The van der Waals surface area contributed by atoms with Crippen molar-refractivity contribution < 1.29 is 4.74 Å². The lowest BCUT2D eigenvalue weighted by atomic mass is 10.3. The molecule has 5 nitrogen and oxygen atoms in total. The topological polar surface area (TPSA) is 51.1 Å². The van der Waals surface area contributed by atoms with Crippen LogP contribution in [0, 0.1) is 6.92 Å². The Kier molecular flexibility index (Phi) is 4.31. The Morgan fingerprint density at radius 3 is 2.79 bits per heavy atom. The molecule has 0 fully saturated rings. The first kappa shape index (κ1) is 13.7. The second-order valence-electron chi connectivity index (χ2n) is 4.15. The Bertz CT molecular complexity index is 576. The molecule has 0 unspecified atom stereocenters. The molecule has 19 heavy (non-hydrogen) atoms. The summed E-state index contributed by atoms with van der Waals surface area (Å²) in [7, 11) is 3.51. The van der Waals surface area contributed by atoms with E-state index in [0.29, 0.717) is 18.4 Å². The number of rotatable bonds is 4. The minimum atomic E-state index is 0.522. The van der Waals surface area contributed by atoms with E-state index >= 15 is 0 Å². The summed E-state index contributed by atoms with van der Waals surface area (Å²) in [5, 5.41) is 0. The number of aromatic nitrogens is 3. The fraction of sp³-hybridized carbons (Fsp3) is 0.308. The molecule has 100 valence electrons. The van der Waals surface area contributed by atoms with Crippen LogP contribution in [0.3, 0.4) is 0 Å². The Morgan fingerprint density at radius 1 is 1.32 bits per heavy atom. The largest absolute Gasteiger partial charge is 0.480 e. The van der Waals surface area contributed by atoms with Crippen molar-refractivity contribution >= 4 is 21.9 Å². The van der Waals surface area contributed by atoms with Crippen LogP contribution in [0.4, 0.5) is 5.95 Å². The predicted octanol–water partition coefficient (Wildman–Crippen LogP) is 2.59. The van der Waals surface area contributed by atoms with Gasteiger partial charge in [0.15, 0.2) is 0 Å². The SMILES string of the molecule is COc1nc(N(C)Cc2cccc(C)n2)ncc1Br. The summed E-state index contributed by atoms with van der Waals surface area (Å²) < 4.78 is 5.90. The zero-order chi connectivity index (χ0) is 13.8. The molecule has 0 saturated carbocycles. The molecule has 2 rings (SSSR count). The van der Waals surface area contributed by atoms with Gasteiger partial charge in [-0.3, -0.25) is 4.98 Å². The van der Waals surface area contributed by atoms with E-state index in [1.54, 1.807) is 13.3 Å². The Morgan fingerprint density at radius 2 is 2.11 bits per heavy atom. The number of nitrogens with zero attached hydrogens (tertiary/aromatic N) is 4. The van der Waals surface area contributed by atoms with Gasteiger partial charge in [-0.25, -0.2) is 4.98 Å². The highest BCUT2D eigenvalue weighted by Crippen LogP contribution is 2.23. The quantitative estimate of drug-likeness (QED) is 0.866. The Labute approximate surface area is 120 Å². The van der Waals surface area contributed by atoms with Gasteiger partial charge in [0.1, 0.15) is 0 Å². The third-order valence-corrected chi connectivity index (χ3v) is 3.12. The van der Waals surface area contributed by atoms with Gasteiger partial charge in [-0.2, -0.15) is 4.98 Å². The molecule has 2 aromatic rings. The monoisotopic (exact) mass is 322 g/mol. The molecule has 0 saturated heterocycles. The maximum absolute atomic E-state index is 5.16. The molecule has 0 atom stereocenters. The molecule has 0 spiro atoms. The smallest absolute Gasteiger partial charge is 0.232 e. The summed E-state index contributed by atoms with van der Waals surface area (Å²) in [5.41, 5.74) is 1.98. The van der Waals surface area contributed by atoms with Crippen molar-refractivity contribution in [2.45, 2.75) is 13.5 Å². The third-order valence-electron chi connectivity index (χ3n) is 2.58. The third kappa shape index (κ3) is 3.41. The van der Waals surface area contributed by atoms with Crippen molar-refractivity contribution in [2.75, 3.05) is 19.1 Å². The van der Waals surface area contributed by atoms with Crippen molar-refractivity contribution in [3.8, 4) is 5.88 Å². The number of anilines is 1. The van der Waals surface area contributed by atoms with Crippen LogP contribution >= 0.6 is 15.9 Å². The average molecular weight is 323 g/mol. The van der Waals surface area contributed by atoms with Crippen LogP contribution in [0.1, 0.15) is 11.4 Å². The maximum Gasteiger partial charge on any atom is 0.232 e. The second-order valence-corrected chi connectivity index (χ2v) is 5.01. The van der Waals surface area contributed by atoms with E-state index in [-0.39, 0.29) is 0 Å². The predicted molar refractivity (Wildman–Crippen MR) is 77.4 cm³/mol. The van der Waals surface area contributed by atoms with Gasteiger partial charge in [0.25, 0.3) is 0 Å². The lowest BCUT2D eigenvalue weighted by molar-refractivity contribution is 0.394.